The SMILES string of the molecule is CNC(=O)c1cnccc1Nc1nc(-c2n[nH]c3ccccc23)ncc1OC. The van der Waals surface area contributed by atoms with Gasteiger partial charge in [0.15, 0.2) is 17.4 Å². The summed E-state index contributed by atoms with van der Waals surface area (Å²) < 4.78 is 5.37. The van der Waals surface area contributed by atoms with Crippen LogP contribution >= 0.6 is 0 Å². The van der Waals surface area contributed by atoms with Crippen LogP contribution in [0.1, 0.15) is 10.4 Å². The van der Waals surface area contributed by atoms with Gasteiger partial charge in [-0.2, -0.15) is 5.10 Å². The topological polar surface area (TPSA) is 118 Å². The van der Waals surface area contributed by atoms with Gasteiger partial charge < -0.3 is 15.4 Å². The third-order valence-electron chi connectivity index (χ3n) is 4.20. The van der Waals surface area contributed by atoms with Gasteiger partial charge in [0, 0.05) is 24.8 Å². The minimum Gasteiger partial charge on any atom is -0.491 e. The summed E-state index contributed by atoms with van der Waals surface area (Å²) in [6.45, 7) is 0. The smallest absolute Gasteiger partial charge is 0.254 e. The normalized spacial score (nSPS) is 10.6. The molecule has 140 valence electrons. The van der Waals surface area contributed by atoms with Crippen LogP contribution in [0.4, 0.5) is 11.5 Å². The molecule has 0 saturated heterocycles. The lowest BCUT2D eigenvalue weighted by molar-refractivity contribution is 0.0963. The monoisotopic (exact) mass is 375 g/mol. The van der Waals surface area contributed by atoms with Crippen molar-refractivity contribution in [3.63, 3.8) is 0 Å². The molecule has 3 N–H and O–H groups in total. The second-order valence-corrected chi connectivity index (χ2v) is 5.85. The van der Waals surface area contributed by atoms with Gasteiger partial charge in [-0.05, 0) is 12.1 Å². The molecule has 9 nitrogen and oxygen atoms in total. The van der Waals surface area contributed by atoms with Gasteiger partial charge in [-0.3, -0.25) is 14.9 Å². The molecule has 0 saturated carbocycles. The van der Waals surface area contributed by atoms with Gasteiger partial charge in [0.25, 0.3) is 5.91 Å². The van der Waals surface area contributed by atoms with Crippen molar-refractivity contribution in [1.29, 1.82) is 0 Å². The van der Waals surface area contributed by atoms with Crippen LogP contribution in [-0.4, -0.2) is 45.2 Å². The number of rotatable bonds is 5. The van der Waals surface area contributed by atoms with Crippen LogP contribution in [0.2, 0.25) is 0 Å². The van der Waals surface area contributed by atoms with E-state index < -0.39 is 0 Å². The molecule has 0 aliphatic heterocycles. The van der Waals surface area contributed by atoms with E-state index in [9.17, 15) is 4.79 Å². The van der Waals surface area contributed by atoms with Gasteiger partial charge in [-0.25, -0.2) is 9.97 Å². The number of hydrogen-bond donors (Lipinski definition) is 3. The number of carbonyl (C=O) groups is 1. The van der Waals surface area contributed by atoms with Gasteiger partial charge >= 0.3 is 0 Å². The molecule has 28 heavy (non-hydrogen) atoms. The Hall–Kier alpha value is -4.01. The molecular weight excluding hydrogens is 358 g/mol. The molecule has 4 rings (SSSR count). The third kappa shape index (κ3) is 3.09. The molecule has 0 spiro atoms. The summed E-state index contributed by atoms with van der Waals surface area (Å²) in [6, 6.07) is 9.42. The molecule has 0 fully saturated rings. The molecule has 3 aromatic heterocycles. The highest BCUT2D eigenvalue weighted by Crippen LogP contribution is 2.30. The lowest BCUT2D eigenvalue weighted by Crippen LogP contribution is -2.19. The van der Waals surface area contributed by atoms with Crippen molar-refractivity contribution in [3.05, 3.63) is 54.5 Å². The quantitative estimate of drug-likeness (QED) is 0.490. The van der Waals surface area contributed by atoms with E-state index in [4.69, 9.17) is 4.74 Å². The summed E-state index contributed by atoms with van der Waals surface area (Å²) in [5.74, 6) is 1.01. The predicted molar refractivity (Wildman–Crippen MR) is 105 cm³/mol. The molecule has 1 aromatic carbocycles. The number of anilines is 2. The van der Waals surface area contributed by atoms with Crippen LogP contribution in [0, 0.1) is 0 Å². The summed E-state index contributed by atoms with van der Waals surface area (Å²) in [5.41, 5.74) is 2.45. The molecule has 1 amide bonds. The number of fused-ring (bicyclic) bond motifs is 1. The number of methoxy groups -OCH3 is 1. The first-order valence-corrected chi connectivity index (χ1v) is 8.49. The van der Waals surface area contributed by atoms with Crippen LogP contribution in [0.5, 0.6) is 5.75 Å². The average Bonchev–Trinajstić information content (AvgIpc) is 3.18. The van der Waals surface area contributed by atoms with E-state index in [2.05, 4.69) is 35.8 Å². The van der Waals surface area contributed by atoms with Crippen molar-refractivity contribution in [2.75, 3.05) is 19.5 Å². The summed E-state index contributed by atoms with van der Waals surface area (Å²) in [4.78, 5) is 25.1. The van der Waals surface area contributed by atoms with Gasteiger partial charge in [0.05, 0.1) is 30.1 Å². The maximum atomic E-state index is 12.1. The Balaban J connectivity index is 1.78. The van der Waals surface area contributed by atoms with E-state index in [0.717, 1.165) is 10.9 Å². The standard InChI is InChI=1S/C19H17N7O2/c1-20-19(27)12-9-21-8-7-13(12)23-17-15(28-2)10-22-18(24-17)16-11-5-3-4-6-14(11)25-26-16/h3-10H,1-2H3,(H,20,27)(H,25,26)(H,21,22,23,24). The zero-order chi connectivity index (χ0) is 19.5. The van der Waals surface area contributed by atoms with E-state index in [1.54, 1.807) is 25.5 Å². The van der Waals surface area contributed by atoms with Gasteiger partial charge in [-0.15, -0.1) is 0 Å². The van der Waals surface area contributed by atoms with E-state index in [-0.39, 0.29) is 5.91 Å². The lowest BCUT2D eigenvalue weighted by atomic mass is 10.2. The van der Waals surface area contributed by atoms with Crippen LogP contribution in [-0.2, 0) is 0 Å². The van der Waals surface area contributed by atoms with Crippen LogP contribution in [0.15, 0.2) is 48.9 Å². The van der Waals surface area contributed by atoms with E-state index >= 15 is 0 Å². The number of aromatic amines is 1. The Kier molecular flexibility index (Phi) is 4.55. The highest BCUT2D eigenvalue weighted by atomic mass is 16.5. The predicted octanol–water partition coefficient (Wildman–Crippen LogP) is 2.53. The minimum atomic E-state index is -0.262. The van der Waals surface area contributed by atoms with Crippen LogP contribution < -0.4 is 15.4 Å². The summed E-state index contributed by atoms with van der Waals surface area (Å²) >= 11 is 0. The fourth-order valence-electron chi connectivity index (χ4n) is 2.80. The maximum Gasteiger partial charge on any atom is 0.254 e. The van der Waals surface area contributed by atoms with Crippen molar-refractivity contribution < 1.29 is 9.53 Å². The summed E-state index contributed by atoms with van der Waals surface area (Å²) in [6.07, 6.45) is 4.64. The van der Waals surface area contributed by atoms with E-state index in [1.807, 2.05) is 24.3 Å². The minimum absolute atomic E-state index is 0.262. The number of amides is 1. The van der Waals surface area contributed by atoms with Crippen LogP contribution in [0.25, 0.3) is 22.4 Å². The Morgan fingerprint density at radius 1 is 1.18 bits per heavy atom. The van der Waals surface area contributed by atoms with Crippen molar-refractivity contribution in [2.45, 2.75) is 0 Å². The van der Waals surface area contributed by atoms with E-state index in [1.165, 1.54) is 13.3 Å². The average molecular weight is 375 g/mol. The highest BCUT2D eigenvalue weighted by molar-refractivity contribution is 6.00. The number of nitrogens with one attached hydrogen (secondary N) is 3. The molecule has 0 aliphatic rings. The fourth-order valence-corrected chi connectivity index (χ4v) is 2.80. The second-order valence-electron chi connectivity index (χ2n) is 5.85. The molecule has 0 radical (unpaired) electrons. The second kappa shape index (κ2) is 7.31. The Bertz CT molecular complexity index is 1160. The van der Waals surface area contributed by atoms with Gasteiger partial charge in [-0.1, -0.05) is 18.2 Å². The number of para-hydroxylation sites is 1. The van der Waals surface area contributed by atoms with Crippen molar-refractivity contribution in [2.24, 2.45) is 0 Å². The zero-order valence-corrected chi connectivity index (χ0v) is 15.2. The van der Waals surface area contributed by atoms with E-state index in [0.29, 0.717) is 34.3 Å². The highest BCUT2D eigenvalue weighted by Gasteiger charge is 2.17. The number of benzene rings is 1. The molecular formula is C19H17N7O2. The number of hydrogen-bond acceptors (Lipinski definition) is 7. The Morgan fingerprint density at radius 3 is 2.86 bits per heavy atom. The first kappa shape index (κ1) is 17.4. The first-order valence-electron chi connectivity index (χ1n) is 8.49. The molecule has 0 unspecified atom stereocenters. The molecule has 3 heterocycles. The number of H-pyrrole nitrogens is 1. The molecule has 4 aromatic rings. The first-order chi connectivity index (χ1) is 13.7. The van der Waals surface area contributed by atoms with Crippen LogP contribution in [0.3, 0.4) is 0 Å². The van der Waals surface area contributed by atoms with Gasteiger partial charge in [0.1, 0.15) is 5.69 Å². The molecule has 0 bridgehead atoms. The Labute approximate surface area is 160 Å². The lowest BCUT2D eigenvalue weighted by Gasteiger charge is -2.13. The molecule has 9 heteroatoms. The number of carbonyl (C=O) groups excluding carboxylic acids is 1. The number of pyridine rings is 1. The zero-order valence-electron chi connectivity index (χ0n) is 15.2. The largest absolute Gasteiger partial charge is 0.491 e. The number of ether oxygens (including phenoxy) is 1. The summed E-state index contributed by atoms with van der Waals surface area (Å²) in [5, 5.41) is 14.0. The molecule has 0 aliphatic carbocycles. The summed E-state index contributed by atoms with van der Waals surface area (Å²) in [7, 11) is 3.09. The van der Waals surface area contributed by atoms with Crippen molar-refractivity contribution in [3.8, 4) is 17.3 Å². The maximum absolute atomic E-state index is 12.1. The van der Waals surface area contributed by atoms with Crippen molar-refractivity contribution >= 4 is 28.3 Å². The number of aromatic nitrogens is 5. The molecule has 0 atom stereocenters. The van der Waals surface area contributed by atoms with Crippen molar-refractivity contribution in [1.82, 2.24) is 30.5 Å². The van der Waals surface area contributed by atoms with Gasteiger partial charge in [0.2, 0.25) is 0 Å². The third-order valence-corrected chi connectivity index (χ3v) is 4.20. The Morgan fingerprint density at radius 2 is 2.04 bits per heavy atom. The number of nitrogens with zero attached hydrogens (tertiary/aromatic N) is 4. The fraction of sp³-hybridized carbons (Fsp3) is 0.105.